The number of hydrogen-bond donors (Lipinski definition) is 1. The Hall–Kier alpha value is -0.570. The van der Waals surface area contributed by atoms with Crippen LogP contribution in [0.15, 0.2) is 0 Å². The molecule has 0 amide bonds. The third kappa shape index (κ3) is 4.30. The molecule has 3 nitrogen and oxygen atoms in total. The van der Waals surface area contributed by atoms with Crippen molar-refractivity contribution in [2.45, 2.75) is 64.8 Å². The van der Waals surface area contributed by atoms with Crippen LogP contribution in [0.2, 0.25) is 0 Å². The highest BCUT2D eigenvalue weighted by atomic mass is 16.5. The lowest BCUT2D eigenvalue weighted by atomic mass is 9.76. The molecule has 1 aliphatic rings. The van der Waals surface area contributed by atoms with E-state index in [4.69, 9.17) is 10.5 Å². The molecule has 0 aromatic carbocycles. The van der Waals surface area contributed by atoms with Gasteiger partial charge in [-0.2, -0.15) is 0 Å². The summed E-state index contributed by atoms with van der Waals surface area (Å²) in [6, 6.07) is 0. The van der Waals surface area contributed by atoms with E-state index in [-0.39, 0.29) is 11.5 Å². The number of ether oxygens (including phenoxy) is 1. The van der Waals surface area contributed by atoms with Crippen molar-refractivity contribution in [1.29, 1.82) is 0 Å². The van der Waals surface area contributed by atoms with Crippen LogP contribution in [0.1, 0.15) is 59.3 Å². The van der Waals surface area contributed by atoms with Crippen LogP contribution in [-0.2, 0) is 9.53 Å². The summed E-state index contributed by atoms with van der Waals surface area (Å²) in [5, 5.41) is 0. The summed E-state index contributed by atoms with van der Waals surface area (Å²) in [7, 11) is 1.43. The Morgan fingerprint density at radius 1 is 1.35 bits per heavy atom. The summed E-state index contributed by atoms with van der Waals surface area (Å²) in [6.45, 7) is 6.88. The van der Waals surface area contributed by atoms with Crippen molar-refractivity contribution in [3.8, 4) is 0 Å². The summed E-state index contributed by atoms with van der Waals surface area (Å²) in [4.78, 5) is 11.4. The van der Waals surface area contributed by atoms with Gasteiger partial charge in [0.2, 0.25) is 0 Å². The largest absolute Gasteiger partial charge is 0.469 e. The van der Waals surface area contributed by atoms with Gasteiger partial charge in [0, 0.05) is 5.54 Å². The van der Waals surface area contributed by atoms with Gasteiger partial charge in [0.25, 0.3) is 0 Å². The normalized spacial score (nSPS) is 30.8. The average Bonchev–Trinajstić information content (AvgIpc) is 2.39. The maximum Gasteiger partial charge on any atom is 0.307 e. The predicted molar refractivity (Wildman–Crippen MR) is 69.6 cm³/mol. The van der Waals surface area contributed by atoms with Crippen LogP contribution in [0, 0.1) is 11.3 Å². The van der Waals surface area contributed by atoms with Crippen LogP contribution < -0.4 is 5.73 Å². The van der Waals surface area contributed by atoms with Gasteiger partial charge in [0.1, 0.15) is 0 Å². The summed E-state index contributed by atoms with van der Waals surface area (Å²) < 4.78 is 4.73. The van der Waals surface area contributed by atoms with Gasteiger partial charge < -0.3 is 10.5 Å². The summed E-state index contributed by atoms with van der Waals surface area (Å²) in [6.07, 6.45) is 5.70. The molecule has 17 heavy (non-hydrogen) atoms. The van der Waals surface area contributed by atoms with Gasteiger partial charge in [0.05, 0.1) is 13.5 Å². The molecule has 2 atom stereocenters. The van der Waals surface area contributed by atoms with E-state index >= 15 is 0 Å². The molecule has 0 spiro atoms. The van der Waals surface area contributed by atoms with Crippen LogP contribution in [0.4, 0.5) is 0 Å². The van der Waals surface area contributed by atoms with Gasteiger partial charge in [-0.1, -0.05) is 27.2 Å². The summed E-state index contributed by atoms with van der Waals surface area (Å²) >= 11 is 0. The maximum absolute atomic E-state index is 11.4. The molecule has 0 aromatic heterocycles. The van der Waals surface area contributed by atoms with Crippen molar-refractivity contribution in [1.82, 2.24) is 0 Å². The number of rotatable bonds is 2. The summed E-state index contributed by atoms with van der Waals surface area (Å²) in [5.41, 5.74) is 6.34. The monoisotopic (exact) mass is 241 g/mol. The van der Waals surface area contributed by atoms with Gasteiger partial charge >= 0.3 is 5.97 Å². The van der Waals surface area contributed by atoms with E-state index in [1.807, 2.05) is 0 Å². The average molecular weight is 241 g/mol. The summed E-state index contributed by atoms with van der Waals surface area (Å²) in [5.74, 6) is 0.535. The fourth-order valence-corrected chi connectivity index (χ4v) is 2.83. The molecule has 100 valence electrons. The minimum atomic E-state index is -0.340. The van der Waals surface area contributed by atoms with E-state index in [1.165, 1.54) is 13.5 Å². The molecule has 2 N–H and O–H groups in total. The van der Waals surface area contributed by atoms with Crippen molar-refractivity contribution in [2.75, 3.05) is 7.11 Å². The van der Waals surface area contributed by atoms with Gasteiger partial charge in [-0.3, -0.25) is 4.79 Å². The Kier molecular flexibility index (Phi) is 4.59. The van der Waals surface area contributed by atoms with Gasteiger partial charge in [-0.15, -0.1) is 0 Å². The quantitative estimate of drug-likeness (QED) is 0.597. The minimum Gasteiger partial charge on any atom is -0.469 e. The second kappa shape index (κ2) is 5.38. The van der Waals surface area contributed by atoms with Crippen molar-refractivity contribution in [3.63, 3.8) is 0 Å². The molecule has 0 heterocycles. The van der Waals surface area contributed by atoms with E-state index in [9.17, 15) is 4.79 Å². The molecule has 0 aromatic rings. The first-order chi connectivity index (χ1) is 7.77. The standard InChI is InChI=1S/C14H27NO2/c1-13(2,3)11-6-5-8-14(15,9-7-11)10-12(16)17-4/h11H,5-10,15H2,1-4H3. The van der Waals surface area contributed by atoms with Gasteiger partial charge in [-0.25, -0.2) is 0 Å². The molecule has 0 aliphatic heterocycles. The van der Waals surface area contributed by atoms with Crippen molar-refractivity contribution >= 4 is 5.97 Å². The highest BCUT2D eigenvalue weighted by Gasteiger charge is 2.35. The first kappa shape index (κ1) is 14.5. The Labute approximate surface area is 105 Å². The van der Waals surface area contributed by atoms with Crippen molar-refractivity contribution in [2.24, 2.45) is 17.1 Å². The van der Waals surface area contributed by atoms with E-state index in [0.717, 1.165) is 25.7 Å². The fraction of sp³-hybridized carbons (Fsp3) is 0.929. The van der Waals surface area contributed by atoms with Crippen LogP contribution in [0.25, 0.3) is 0 Å². The maximum atomic E-state index is 11.4. The van der Waals surface area contributed by atoms with Crippen LogP contribution in [0.5, 0.6) is 0 Å². The molecular formula is C14H27NO2. The second-order valence-corrected chi connectivity index (χ2v) is 6.61. The smallest absolute Gasteiger partial charge is 0.307 e. The zero-order valence-corrected chi connectivity index (χ0v) is 11.7. The van der Waals surface area contributed by atoms with Gasteiger partial charge in [0.15, 0.2) is 0 Å². The van der Waals surface area contributed by atoms with Gasteiger partial charge in [-0.05, 0) is 37.0 Å². The molecule has 0 bridgehead atoms. The number of esters is 1. The Bertz CT molecular complexity index is 270. The molecular weight excluding hydrogens is 214 g/mol. The minimum absolute atomic E-state index is 0.179. The molecule has 0 radical (unpaired) electrons. The highest BCUT2D eigenvalue weighted by Crippen LogP contribution is 2.39. The third-order valence-electron chi connectivity index (χ3n) is 4.17. The molecule has 1 fully saturated rings. The van der Waals surface area contributed by atoms with E-state index in [0.29, 0.717) is 17.8 Å². The number of nitrogens with two attached hydrogens (primary N) is 1. The lowest BCUT2D eigenvalue weighted by molar-refractivity contribution is -0.142. The first-order valence-corrected chi connectivity index (χ1v) is 6.62. The SMILES string of the molecule is COC(=O)CC1(N)CCCC(C(C)(C)C)CC1. The number of hydrogen-bond acceptors (Lipinski definition) is 3. The predicted octanol–water partition coefficient (Wildman–Crippen LogP) is 2.87. The van der Waals surface area contributed by atoms with E-state index in [2.05, 4.69) is 20.8 Å². The number of carbonyl (C=O) groups excluding carboxylic acids is 1. The number of methoxy groups -OCH3 is 1. The van der Waals surface area contributed by atoms with Crippen LogP contribution >= 0.6 is 0 Å². The van der Waals surface area contributed by atoms with Crippen molar-refractivity contribution < 1.29 is 9.53 Å². The van der Waals surface area contributed by atoms with Crippen LogP contribution in [0.3, 0.4) is 0 Å². The molecule has 1 saturated carbocycles. The van der Waals surface area contributed by atoms with E-state index in [1.54, 1.807) is 0 Å². The topological polar surface area (TPSA) is 52.3 Å². The Morgan fingerprint density at radius 3 is 2.53 bits per heavy atom. The fourth-order valence-electron chi connectivity index (χ4n) is 2.83. The van der Waals surface area contributed by atoms with Crippen molar-refractivity contribution in [3.05, 3.63) is 0 Å². The lowest BCUT2D eigenvalue weighted by Gasteiger charge is -2.31. The second-order valence-electron chi connectivity index (χ2n) is 6.61. The molecule has 1 aliphatic carbocycles. The molecule has 3 heteroatoms. The lowest BCUT2D eigenvalue weighted by Crippen LogP contribution is -2.41. The zero-order valence-electron chi connectivity index (χ0n) is 11.7. The first-order valence-electron chi connectivity index (χ1n) is 6.62. The molecule has 0 saturated heterocycles. The highest BCUT2D eigenvalue weighted by molar-refractivity contribution is 5.70. The third-order valence-corrected chi connectivity index (χ3v) is 4.17. The molecule has 1 rings (SSSR count). The Balaban J connectivity index is 2.60. The Morgan fingerprint density at radius 2 is 2.00 bits per heavy atom. The zero-order chi connectivity index (χ0) is 13.1. The molecule has 2 unspecified atom stereocenters. The van der Waals surface area contributed by atoms with Crippen LogP contribution in [-0.4, -0.2) is 18.6 Å². The number of carbonyl (C=O) groups is 1. The van der Waals surface area contributed by atoms with E-state index < -0.39 is 0 Å².